The number of halogens is 1. The molecule has 0 saturated carbocycles. The van der Waals surface area contributed by atoms with Gasteiger partial charge in [0.25, 0.3) is 5.91 Å². The molecule has 0 aliphatic heterocycles. The summed E-state index contributed by atoms with van der Waals surface area (Å²) < 4.78 is 0.987. The summed E-state index contributed by atoms with van der Waals surface area (Å²) in [7, 11) is 0. The van der Waals surface area contributed by atoms with E-state index in [4.69, 9.17) is 0 Å². The van der Waals surface area contributed by atoms with Gasteiger partial charge in [-0.1, -0.05) is 12.1 Å². The number of carbonyl (C=O) groups excluding carboxylic acids is 1. The maximum Gasteiger partial charge on any atom is 0.274 e. The van der Waals surface area contributed by atoms with Crippen LogP contribution in [-0.2, 0) is 0 Å². The van der Waals surface area contributed by atoms with Crippen molar-refractivity contribution in [2.24, 2.45) is 0 Å². The van der Waals surface area contributed by atoms with Crippen LogP contribution in [0.15, 0.2) is 53.3 Å². The first-order valence-corrected chi connectivity index (χ1v) is 7.22. The summed E-state index contributed by atoms with van der Waals surface area (Å²) in [5.74, 6) is -0.246. The maximum absolute atomic E-state index is 12.2. The number of aryl methyl sites for hydroxylation is 1. The van der Waals surface area contributed by atoms with Gasteiger partial charge in [0.2, 0.25) is 0 Å². The molecule has 0 unspecified atom stereocenters. The number of aromatic nitrogens is 2. The monoisotopic (exact) mass is 341 g/mol. The van der Waals surface area contributed by atoms with Crippen molar-refractivity contribution in [1.82, 2.24) is 9.97 Å². The van der Waals surface area contributed by atoms with Crippen LogP contribution in [0.25, 0.3) is 10.9 Å². The third kappa shape index (κ3) is 2.64. The van der Waals surface area contributed by atoms with Crippen LogP contribution in [0.2, 0.25) is 0 Å². The lowest BCUT2D eigenvalue weighted by molar-refractivity contribution is 0.102. The number of carbonyl (C=O) groups is 1. The first-order valence-electron chi connectivity index (χ1n) is 6.43. The zero-order valence-electron chi connectivity index (χ0n) is 11.3. The van der Waals surface area contributed by atoms with Crippen molar-refractivity contribution in [2.45, 2.75) is 6.92 Å². The minimum Gasteiger partial charge on any atom is -0.319 e. The Morgan fingerprint density at radius 2 is 1.95 bits per heavy atom. The van der Waals surface area contributed by atoms with E-state index in [9.17, 15) is 4.79 Å². The number of rotatable bonds is 2. The number of nitrogens with zero attached hydrogens (tertiary/aromatic N) is 2. The molecule has 0 saturated heterocycles. The summed E-state index contributed by atoms with van der Waals surface area (Å²) >= 11 is 3.56. The maximum atomic E-state index is 12.2. The molecule has 0 bridgehead atoms. The minimum absolute atomic E-state index is 0.246. The smallest absolute Gasteiger partial charge is 0.274 e. The van der Waals surface area contributed by atoms with E-state index in [-0.39, 0.29) is 5.91 Å². The Hall–Kier alpha value is -2.27. The van der Waals surface area contributed by atoms with Crippen LogP contribution < -0.4 is 5.32 Å². The highest BCUT2D eigenvalue weighted by atomic mass is 79.9. The predicted octanol–water partition coefficient (Wildman–Crippen LogP) is 3.95. The lowest BCUT2D eigenvalue weighted by Crippen LogP contribution is -2.14. The topological polar surface area (TPSA) is 54.9 Å². The van der Waals surface area contributed by atoms with Crippen molar-refractivity contribution in [2.75, 3.05) is 5.32 Å². The fraction of sp³-hybridized carbons (Fsp3) is 0.0625. The Balaban J connectivity index is 2.05. The van der Waals surface area contributed by atoms with Crippen LogP contribution in [0.1, 0.15) is 16.1 Å². The van der Waals surface area contributed by atoms with E-state index in [2.05, 4.69) is 31.2 Å². The summed E-state index contributed by atoms with van der Waals surface area (Å²) in [6.07, 6.45) is 3.30. The van der Waals surface area contributed by atoms with E-state index in [1.165, 1.54) is 0 Å². The quantitative estimate of drug-likeness (QED) is 0.767. The fourth-order valence-corrected chi connectivity index (χ4v) is 2.57. The van der Waals surface area contributed by atoms with E-state index in [1.807, 2.05) is 25.1 Å². The molecule has 0 aliphatic carbocycles. The fourth-order valence-electron chi connectivity index (χ4n) is 2.14. The van der Waals surface area contributed by atoms with Gasteiger partial charge in [-0.15, -0.1) is 0 Å². The molecule has 0 fully saturated rings. The van der Waals surface area contributed by atoms with Crippen molar-refractivity contribution in [3.63, 3.8) is 0 Å². The number of nitrogens with one attached hydrogen (secondary N) is 1. The van der Waals surface area contributed by atoms with Gasteiger partial charge < -0.3 is 5.32 Å². The van der Waals surface area contributed by atoms with Crippen LogP contribution in [-0.4, -0.2) is 15.9 Å². The summed E-state index contributed by atoms with van der Waals surface area (Å²) in [5.41, 5.74) is 2.84. The van der Waals surface area contributed by atoms with E-state index in [1.54, 1.807) is 30.6 Å². The lowest BCUT2D eigenvalue weighted by Gasteiger charge is -2.11. The van der Waals surface area contributed by atoms with Gasteiger partial charge in [-0.2, -0.15) is 0 Å². The van der Waals surface area contributed by atoms with Gasteiger partial charge in [0, 0.05) is 22.3 Å². The van der Waals surface area contributed by atoms with Crippen molar-refractivity contribution in [3.05, 3.63) is 64.5 Å². The normalized spacial score (nSPS) is 10.6. The predicted molar refractivity (Wildman–Crippen MR) is 86.4 cm³/mol. The molecule has 2 aromatic heterocycles. The van der Waals surface area contributed by atoms with Gasteiger partial charge in [0.05, 0.1) is 11.2 Å². The van der Waals surface area contributed by atoms with Crippen LogP contribution >= 0.6 is 15.9 Å². The minimum atomic E-state index is -0.246. The second-order valence-electron chi connectivity index (χ2n) is 4.62. The zero-order chi connectivity index (χ0) is 14.8. The summed E-state index contributed by atoms with van der Waals surface area (Å²) in [4.78, 5) is 20.7. The van der Waals surface area contributed by atoms with Crippen molar-refractivity contribution < 1.29 is 4.79 Å². The number of hydrogen-bond donors (Lipinski definition) is 1. The van der Waals surface area contributed by atoms with Crippen LogP contribution in [0.5, 0.6) is 0 Å². The van der Waals surface area contributed by atoms with Crippen LogP contribution in [0.3, 0.4) is 0 Å². The van der Waals surface area contributed by atoms with Crippen LogP contribution in [0, 0.1) is 6.92 Å². The van der Waals surface area contributed by atoms with Gasteiger partial charge in [-0.3, -0.25) is 14.8 Å². The van der Waals surface area contributed by atoms with Gasteiger partial charge in [-0.05, 0) is 52.7 Å². The van der Waals surface area contributed by atoms with E-state index in [0.29, 0.717) is 11.4 Å². The van der Waals surface area contributed by atoms with E-state index >= 15 is 0 Å². The van der Waals surface area contributed by atoms with Crippen molar-refractivity contribution in [1.29, 1.82) is 0 Å². The Morgan fingerprint density at radius 1 is 1.14 bits per heavy atom. The molecular weight excluding hydrogens is 330 g/mol. The molecule has 3 rings (SSSR count). The summed E-state index contributed by atoms with van der Waals surface area (Å²) in [6, 6.07) is 11.0. The van der Waals surface area contributed by atoms with Crippen LogP contribution in [0.4, 0.5) is 5.69 Å². The number of hydrogen-bond acceptors (Lipinski definition) is 3. The Kier molecular flexibility index (Phi) is 3.66. The molecule has 21 heavy (non-hydrogen) atoms. The standard InChI is InChI=1S/C16H12BrN3O/c1-10-9-13(15-11(14(10)17)5-4-8-19-15)20-16(21)12-6-2-3-7-18-12/h2-9H,1H3,(H,20,21). The zero-order valence-corrected chi connectivity index (χ0v) is 12.9. The molecule has 1 N–H and O–H groups in total. The second kappa shape index (κ2) is 5.61. The van der Waals surface area contributed by atoms with Gasteiger partial charge in [-0.25, -0.2) is 0 Å². The molecular formula is C16H12BrN3O. The Morgan fingerprint density at radius 3 is 2.71 bits per heavy atom. The molecule has 1 amide bonds. The second-order valence-corrected chi connectivity index (χ2v) is 5.42. The Labute approximate surface area is 130 Å². The van der Waals surface area contributed by atoms with Crippen molar-refractivity contribution >= 4 is 38.4 Å². The molecule has 0 aliphatic rings. The highest BCUT2D eigenvalue weighted by molar-refractivity contribution is 9.10. The third-order valence-corrected chi connectivity index (χ3v) is 4.20. The molecule has 1 aromatic carbocycles. The first-order chi connectivity index (χ1) is 10.2. The molecule has 2 heterocycles. The average Bonchev–Trinajstić information content (AvgIpc) is 2.53. The highest BCUT2D eigenvalue weighted by Gasteiger charge is 2.12. The highest BCUT2D eigenvalue weighted by Crippen LogP contribution is 2.31. The van der Waals surface area contributed by atoms with Crippen molar-refractivity contribution in [3.8, 4) is 0 Å². The third-order valence-electron chi connectivity index (χ3n) is 3.15. The van der Waals surface area contributed by atoms with E-state index < -0.39 is 0 Å². The molecule has 3 aromatic rings. The molecule has 4 nitrogen and oxygen atoms in total. The van der Waals surface area contributed by atoms with E-state index in [0.717, 1.165) is 20.9 Å². The SMILES string of the molecule is Cc1cc(NC(=O)c2ccccn2)c2ncccc2c1Br. The average molecular weight is 342 g/mol. The number of pyridine rings is 2. The number of benzene rings is 1. The largest absolute Gasteiger partial charge is 0.319 e. The molecule has 5 heteroatoms. The number of anilines is 1. The van der Waals surface area contributed by atoms with Gasteiger partial charge in [0.15, 0.2) is 0 Å². The van der Waals surface area contributed by atoms with Gasteiger partial charge >= 0.3 is 0 Å². The number of fused-ring (bicyclic) bond motifs is 1. The molecule has 0 radical (unpaired) electrons. The summed E-state index contributed by atoms with van der Waals surface area (Å²) in [5, 5.41) is 3.85. The Bertz CT molecular complexity index is 818. The molecule has 0 atom stereocenters. The number of amides is 1. The summed E-state index contributed by atoms with van der Waals surface area (Å²) in [6.45, 7) is 1.98. The first kappa shape index (κ1) is 13.7. The molecule has 0 spiro atoms. The lowest BCUT2D eigenvalue weighted by atomic mass is 10.1. The molecule has 104 valence electrons. The van der Waals surface area contributed by atoms with Gasteiger partial charge in [0.1, 0.15) is 5.69 Å².